The Morgan fingerprint density at radius 2 is 1.96 bits per heavy atom. The lowest BCUT2D eigenvalue weighted by molar-refractivity contribution is -0.148. The van der Waals surface area contributed by atoms with Crippen molar-refractivity contribution in [1.29, 1.82) is 0 Å². The normalized spacial score (nSPS) is 22.2. The number of rotatable bonds is 8. The second-order valence-corrected chi connectivity index (χ2v) is 7.44. The number of amides is 1. The van der Waals surface area contributed by atoms with Crippen LogP contribution in [0.25, 0.3) is 0 Å². The van der Waals surface area contributed by atoms with Crippen LogP contribution in [0.5, 0.6) is 0 Å². The van der Waals surface area contributed by atoms with Gasteiger partial charge in [-0.3, -0.25) is 9.78 Å². The fourth-order valence-electron chi connectivity index (χ4n) is 3.52. The molecule has 1 aliphatic rings. The highest BCUT2D eigenvalue weighted by molar-refractivity contribution is 5.76. The summed E-state index contributed by atoms with van der Waals surface area (Å²) in [6.07, 6.45) is 3.03. The first kappa shape index (κ1) is 20.5. The SMILES string of the molecule is O=C(CCc1ccccc1)N1CC[C@](O)(CNCCc2ccccn2)[C@@H](O)C1. The summed E-state index contributed by atoms with van der Waals surface area (Å²) < 4.78 is 0. The number of aliphatic hydroxyl groups excluding tert-OH is 1. The first-order chi connectivity index (χ1) is 13.6. The predicted molar refractivity (Wildman–Crippen MR) is 108 cm³/mol. The third kappa shape index (κ3) is 5.61. The molecule has 3 rings (SSSR count). The number of carbonyl (C=O) groups excluding carboxylic acids is 1. The first-order valence-corrected chi connectivity index (χ1v) is 9.89. The van der Waals surface area contributed by atoms with Gasteiger partial charge in [0.2, 0.25) is 5.91 Å². The summed E-state index contributed by atoms with van der Waals surface area (Å²) in [7, 11) is 0. The highest BCUT2D eigenvalue weighted by Gasteiger charge is 2.41. The summed E-state index contributed by atoms with van der Waals surface area (Å²) in [4.78, 5) is 18.4. The molecule has 3 N–H and O–H groups in total. The van der Waals surface area contributed by atoms with Crippen LogP contribution in [0.15, 0.2) is 54.7 Å². The molecule has 0 aliphatic carbocycles. The van der Waals surface area contributed by atoms with Crippen LogP contribution in [0.2, 0.25) is 0 Å². The van der Waals surface area contributed by atoms with Crippen LogP contribution in [-0.4, -0.2) is 63.9 Å². The van der Waals surface area contributed by atoms with Gasteiger partial charge in [-0.2, -0.15) is 0 Å². The Bertz CT molecular complexity index is 741. The minimum atomic E-state index is -1.21. The third-order valence-electron chi connectivity index (χ3n) is 5.37. The molecule has 1 saturated heterocycles. The third-order valence-corrected chi connectivity index (χ3v) is 5.37. The zero-order chi connectivity index (χ0) is 19.8. The lowest BCUT2D eigenvalue weighted by Gasteiger charge is -2.42. The Kier molecular flexibility index (Phi) is 7.14. The standard InChI is InChI=1S/C22H29N3O3/c26-20-16-25(21(27)10-9-18-6-2-1-3-7-18)15-12-22(20,28)17-23-14-11-19-8-4-5-13-24-19/h1-8,13,20,23,26,28H,9-12,14-17H2/t20-,22-/m0/s1. The maximum Gasteiger partial charge on any atom is 0.222 e. The maximum absolute atomic E-state index is 12.5. The highest BCUT2D eigenvalue weighted by Crippen LogP contribution is 2.23. The minimum absolute atomic E-state index is 0.0214. The number of hydrogen-bond donors (Lipinski definition) is 3. The van der Waals surface area contributed by atoms with E-state index in [4.69, 9.17) is 0 Å². The average Bonchev–Trinajstić information content (AvgIpc) is 2.73. The number of aromatic nitrogens is 1. The van der Waals surface area contributed by atoms with Crippen LogP contribution < -0.4 is 5.32 Å². The molecule has 2 heterocycles. The summed E-state index contributed by atoms with van der Waals surface area (Å²) in [5.41, 5.74) is 0.906. The van der Waals surface area contributed by atoms with Crippen molar-refractivity contribution in [3.05, 3.63) is 66.0 Å². The van der Waals surface area contributed by atoms with Crippen molar-refractivity contribution in [1.82, 2.24) is 15.2 Å². The zero-order valence-electron chi connectivity index (χ0n) is 16.1. The summed E-state index contributed by atoms with van der Waals surface area (Å²) in [6, 6.07) is 15.7. The van der Waals surface area contributed by atoms with Gasteiger partial charge < -0.3 is 20.4 Å². The molecule has 1 aromatic heterocycles. The molecular formula is C22H29N3O3. The van der Waals surface area contributed by atoms with Gasteiger partial charge in [-0.15, -0.1) is 0 Å². The number of nitrogens with one attached hydrogen (secondary N) is 1. The smallest absolute Gasteiger partial charge is 0.222 e. The van der Waals surface area contributed by atoms with Crippen molar-refractivity contribution in [3.8, 4) is 0 Å². The van der Waals surface area contributed by atoms with Gasteiger partial charge in [-0.05, 0) is 30.5 Å². The van der Waals surface area contributed by atoms with E-state index in [2.05, 4.69) is 10.3 Å². The van der Waals surface area contributed by atoms with Crippen molar-refractivity contribution in [2.75, 3.05) is 26.2 Å². The molecule has 1 aliphatic heterocycles. The molecule has 0 unspecified atom stereocenters. The molecule has 6 nitrogen and oxygen atoms in total. The van der Waals surface area contributed by atoms with Gasteiger partial charge in [-0.1, -0.05) is 36.4 Å². The number of hydrogen-bond acceptors (Lipinski definition) is 5. The van der Waals surface area contributed by atoms with E-state index >= 15 is 0 Å². The van der Waals surface area contributed by atoms with Gasteiger partial charge in [0.05, 0.1) is 0 Å². The van der Waals surface area contributed by atoms with Crippen molar-refractivity contribution in [2.45, 2.75) is 37.4 Å². The van der Waals surface area contributed by atoms with Gasteiger partial charge in [0, 0.05) is 50.9 Å². The van der Waals surface area contributed by atoms with Crippen LogP contribution in [0.1, 0.15) is 24.1 Å². The number of likely N-dealkylation sites (tertiary alicyclic amines) is 1. The van der Waals surface area contributed by atoms with Gasteiger partial charge in [0.25, 0.3) is 0 Å². The molecule has 0 bridgehead atoms. The number of carbonyl (C=O) groups is 1. The quantitative estimate of drug-likeness (QED) is 0.596. The van der Waals surface area contributed by atoms with Crippen LogP contribution in [0, 0.1) is 0 Å². The van der Waals surface area contributed by atoms with E-state index in [0.29, 0.717) is 38.9 Å². The molecule has 0 spiro atoms. The van der Waals surface area contributed by atoms with E-state index in [0.717, 1.165) is 17.7 Å². The molecule has 1 fully saturated rings. The van der Waals surface area contributed by atoms with E-state index in [1.807, 2.05) is 48.5 Å². The Labute approximate surface area is 166 Å². The fraction of sp³-hybridized carbons (Fsp3) is 0.455. The topological polar surface area (TPSA) is 85.7 Å². The van der Waals surface area contributed by atoms with Crippen molar-refractivity contribution in [2.24, 2.45) is 0 Å². The molecular weight excluding hydrogens is 354 g/mol. The second-order valence-electron chi connectivity index (χ2n) is 7.44. The zero-order valence-corrected chi connectivity index (χ0v) is 16.1. The largest absolute Gasteiger partial charge is 0.388 e. The van der Waals surface area contributed by atoms with Gasteiger partial charge >= 0.3 is 0 Å². The van der Waals surface area contributed by atoms with Crippen molar-refractivity contribution in [3.63, 3.8) is 0 Å². The summed E-state index contributed by atoms with van der Waals surface area (Å²) in [5.74, 6) is 0.0214. The fourth-order valence-corrected chi connectivity index (χ4v) is 3.52. The van der Waals surface area contributed by atoms with E-state index < -0.39 is 11.7 Å². The van der Waals surface area contributed by atoms with Crippen LogP contribution in [-0.2, 0) is 17.6 Å². The van der Waals surface area contributed by atoms with Crippen LogP contribution in [0.4, 0.5) is 0 Å². The second kappa shape index (κ2) is 9.78. The maximum atomic E-state index is 12.5. The van der Waals surface area contributed by atoms with Crippen LogP contribution in [0.3, 0.4) is 0 Å². The summed E-state index contributed by atoms with van der Waals surface area (Å²) in [5, 5.41) is 24.4. The Balaban J connectivity index is 1.41. The number of pyridine rings is 1. The Morgan fingerprint density at radius 1 is 1.18 bits per heavy atom. The molecule has 1 aromatic carbocycles. The van der Waals surface area contributed by atoms with Crippen LogP contribution >= 0.6 is 0 Å². The number of aryl methyl sites for hydroxylation is 1. The molecule has 0 saturated carbocycles. The van der Waals surface area contributed by atoms with Crippen molar-refractivity contribution < 1.29 is 15.0 Å². The molecule has 0 radical (unpaired) electrons. The number of aliphatic hydroxyl groups is 2. The summed E-state index contributed by atoms with van der Waals surface area (Å²) in [6.45, 7) is 1.61. The number of benzene rings is 1. The van der Waals surface area contributed by atoms with E-state index in [1.54, 1.807) is 11.1 Å². The highest BCUT2D eigenvalue weighted by atomic mass is 16.3. The lowest BCUT2D eigenvalue weighted by Crippen LogP contribution is -2.60. The molecule has 2 aromatic rings. The Morgan fingerprint density at radius 3 is 2.68 bits per heavy atom. The van der Waals surface area contributed by atoms with E-state index in [1.165, 1.54) is 0 Å². The molecule has 6 heteroatoms. The average molecular weight is 383 g/mol. The molecule has 1 amide bonds. The number of nitrogens with zero attached hydrogens (tertiary/aromatic N) is 2. The van der Waals surface area contributed by atoms with Gasteiger partial charge in [0.15, 0.2) is 0 Å². The monoisotopic (exact) mass is 383 g/mol. The minimum Gasteiger partial charge on any atom is -0.388 e. The molecule has 150 valence electrons. The summed E-state index contributed by atoms with van der Waals surface area (Å²) >= 11 is 0. The van der Waals surface area contributed by atoms with Gasteiger partial charge in [-0.25, -0.2) is 0 Å². The molecule has 2 atom stereocenters. The van der Waals surface area contributed by atoms with E-state index in [9.17, 15) is 15.0 Å². The number of piperidine rings is 1. The van der Waals surface area contributed by atoms with E-state index in [-0.39, 0.29) is 12.5 Å². The van der Waals surface area contributed by atoms with Crippen molar-refractivity contribution >= 4 is 5.91 Å². The predicted octanol–water partition coefficient (Wildman–Crippen LogP) is 1.17. The Hall–Kier alpha value is -2.28. The number of β-amino-alcohol motifs (C(OH)–C–C–N with tert-alkyl or cyclic N) is 1. The molecule has 28 heavy (non-hydrogen) atoms. The van der Waals surface area contributed by atoms with Gasteiger partial charge in [0.1, 0.15) is 11.7 Å². The first-order valence-electron chi connectivity index (χ1n) is 9.89. The lowest BCUT2D eigenvalue weighted by atomic mass is 9.88.